The van der Waals surface area contributed by atoms with Crippen LogP contribution in [0.5, 0.6) is 0 Å². The minimum absolute atomic E-state index is 0.00623. The Kier molecular flexibility index (Phi) is 20.2. The van der Waals surface area contributed by atoms with Crippen molar-refractivity contribution in [2.24, 2.45) is 0 Å². The summed E-state index contributed by atoms with van der Waals surface area (Å²) in [6.45, 7) is 3.09. The highest BCUT2D eigenvalue weighted by atomic mass is 32.1. The summed E-state index contributed by atoms with van der Waals surface area (Å²) in [7, 11) is 0. The molecule has 3 atom stereocenters. The lowest BCUT2D eigenvalue weighted by Crippen LogP contribution is -2.49. The van der Waals surface area contributed by atoms with Crippen LogP contribution in [0, 0.1) is 0 Å². The lowest BCUT2D eigenvalue weighted by Gasteiger charge is -2.33. The first-order valence-corrected chi connectivity index (χ1v) is 23.0. The van der Waals surface area contributed by atoms with E-state index in [9.17, 15) is 54.0 Å². The predicted octanol–water partition coefficient (Wildman–Crippen LogP) is 0.617. The molecule has 70 heavy (non-hydrogen) atoms. The fourth-order valence-corrected chi connectivity index (χ4v) is 7.92. The first-order valence-electron chi connectivity index (χ1n) is 22.6. The number of carboxylic acid groups (broad SMARTS) is 4. The zero-order valence-electron chi connectivity index (χ0n) is 38.6. The van der Waals surface area contributed by atoms with Gasteiger partial charge in [0.15, 0.2) is 16.3 Å². The average Bonchev–Trinajstić information content (AvgIpc) is 3.36. The van der Waals surface area contributed by atoms with Gasteiger partial charge in [-0.15, -0.1) is 0 Å². The average molecular weight is 990 g/mol. The van der Waals surface area contributed by atoms with E-state index in [0.29, 0.717) is 73.2 Å². The van der Waals surface area contributed by atoms with Crippen LogP contribution in [-0.4, -0.2) is 173 Å². The number of rotatable bonds is 24. The molecule has 3 heterocycles. The highest BCUT2D eigenvalue weighted by Crippen LogP contribution is 2.17. The number of carboxylic acids is 4. The highest BCUT2D eigenvalue weighted by Gasteiger charge is 2.28. The summed E-state index contributed by atoms with van der Waals surface area (Å²) in [6.07, 6.45) is 3.36. The van der Waals surface area contributed by atoms with Gasteiger partial charge in [0, 0.05) is 74.7 Å². The largest absolute Gasteiger partial charge is 0.480 e. The van der Waals surface area contributed by atoms with E-state index in [1.807, 2.05) is 24.3 Å². The number of aliphatic carboxylic acids is 4. The van der Waals surface area contributed by atoms with Crippen LogP contribution in [-0.2, 0) is 36.9 Å². The van der Waals surface area contributed by atoms with E-state index in [-0.39, 0.29) is 87.6 Å². The maximum atomic E-state index is 12.9. The number of benzene rings is 2. The fraction of sp³-hybridized carbons (Fsp3) is 0.444. The number of hydrogen-bond donors (Lipinski definition) is 11. The van der Waals surface area contributed by atoms with Crippen molar-refractivity contribution in [2.75, 3.05) is 75.3 Å². The van der Waals surface area contributed by atoms with E-state index in [1.165, 1.54) is 6.20 Å². The first kappa shape index (κ1) is 53.6. The Bertz CT molecular complexity index is 2530. The number of nitrogens with zero attached hydrogens (tertiary/aromatic N) is 6. The van der Waals surface area contributed by atoms with E-state index in [4.69, 9.17) is 18.0 Å². The maximum absolute atomic E-state index is 12.9. The van der Waals surface area contributed by atoms with Crippen molar-refractivity contribution in [3.05, 3.63) is 81.9 Å². The first-order chi connectivity index (χ1) is 33.4. The highest BCUT2D eigenvalue weighted by molar-refractivity contribution is 7.80. The van der Waals surface area contributed by atoms with Gasteiger partial charge >= 0.3 is 23.9 Å². The van der Waals surface area contributed by atoms with E-state index >= 15 is 0 Å². The van der Waals surface area contributed by atoms with Crippen molar-refractivity contribution in [3.63, 3.8) is 0 Å². The summed E-state index contributed by atoms with van der Waals surface area (Å²) in [5, 5.41) is 53.5. The molecule has 1 unspecified atom stereocenters. The second-order valence-electron chi connectivity index (χ2n) is 16.9. The van der Waals surface area contributed by atoms with Crippen LogP contribution in [0.4, 0.5) is 17.3 Å². The number of amides is 2. The van der Waals surface area contributed by atoms with Crippen molar-refractivity contribution in [1.82, 2.24) is 50.6 Å². The quantitative estimate of drug-likeness (QED) is 0.0338. The number of H-pyrrole nitrogens is 1. The molecule has 0 saturated carbocycles. The Morgan fingerprint density at radius 2 is 1.49 bits per heavy atom. The van der Waals surface area contributed by atoms with Crippen LogP contribution >= 0.6 is 12.2 Å². The third kappa shape index (κ3) is 17.9. The Hall–Kier alpha value is -7.35. The number of nitrogen functional groups attached to an aromatic ring is 1. The van der Waals surface area contributed by atoms with Crippen molar-refractivity contribution in [2.45, 2.75) is 70.1 Å². The van der Waals surface area contributed by atoms with Crippen molar-refractivity contribution in [3.8, 4) is 0 Å². The molecule has 0 aliphatic carbocycles. The Morgan fingerprint density at radius 3 is 2.17 bits per heavy atom. The molecule has 2 amide bonds. The number of aromatic nitrogens is 4. The molecular formula is C45H59N13O11S. The standard InChI is InChI=1S/C45H59N13O11S/c1-27(50-41(66)29-8-12-30(13-9-29)48-21-32-22-49-40-39(51-32)42(67)55-44(46)54-40)5-14-35(59)53-34(43(68)69)4-2-3-15-47-45(70)52-31-10-6-28(7-11-31)20-33-23-57(25-37(62)63)17-16-56(24-36(60)61)18-19-58(33)26-38(64)65/h6-13,22,27,33-34,48H,2-5,14-21,23-26H2,1H3,(H,50,66)(H,53,59)(H,60,61)(H,62,63)(H,64,65)(H,68,69)(H2,47,52,70)(H3,46,49,54,55,67)/t27-,33?,34+/m1/s1. The van der Waals surface area contributed by atoms with E-state index in [1.54, 1.807) is 45.9 Å². The second-order valence-corrected chi connectivity index (χ2v) is 17.3. The summed E-state index contributed by atoms with van der Waals surface area (Å²) < 4.78 is 0. The van der Waals surface area contributed by atoms with Gasteiger partial charge in [0.1, 0.15) is 6.04 Å². The van der Waals surface area contributed by atoms with Crippen LogP contribution in [0.25, 0.3) is 11.2 Å². The van der Waals surface area contributed by atoms with Crippen LogP contribution in [0.2, 0.25) is 0 Å². The van der Waals surface area contributed by atoms with Crippen LogP contribution in [0.1, 0.15) is 60.6 Å². The Labute approximate surface area is 407 Å². The zero-order chi connectivity index (χ0) is 50.7. The molecule has 25 heteroatoms. The molecule has 24 nitrogen and oxygen atoms in total. The van der Waals surface area contributed by atoms with E-state index < -0.39 is 47.4 Å². The minimum atomic E-state index is -1.16. The monoisotopic (exact) mass is 989 g/mol. The van der Waals surface area contributed by atoms with Gasteiger partial charge in [0.05, 0.1) is 38.1 Å². The van der Waals surface area contributed by atoms with Gasteiger partial charge in [-0.05, 0) is 93.2 Å². The third-order valence-corrected chi connectivity index (χ3v) is 11.5. The third-order valence-electron chi connectivity index (χ3n) is 11.3. The van der Waals surface area contributed by atoms with Crippen LogP contribution in [0.15, 0.2) is 59.5 Å². The van der Waals surface area contributed by atoms with E-state index in [2.05, 4.69) is 46.5 Å². The topological polar surface area (TPSA) is 351 Å². The summed E-state index contributed by atoms with van der Waals surface area (Å²) in [5.74, 6) is -5.14. The van der Waals surface area contributed by atoms with Crippen molar-refractivity contribution in [1.29, 1.82) is 0 Å². The van der Waals surface area contributed by atoms with Crippen LogP contribution < -0.4 is 37.9 Å². The maximum Gasteiger partial charge on any atom is 0.326 e. The number of carbonyl (C=O) groups is 6. The molecule has 5 rings (SSSR count). The number of aromatic amines is 1. The molecule has 1 aliphatic rings. The molecule has 0 spiro atoms. The smallest absolute Gasteiger partial charge is 0.326 e. The number of anilines is 3. The fourth-order valence-electron chi connectivity index (χ4n) is 7.70. The number of fused-ring (bicyclic) bond motifs is 1. The van der Waals surface area contributed by atoms with Gasteiger partial charge in [0.2, 0.25) is 11.9 Å². The Balaban J connectivity index is 0.991. The van der Waals surface area contributed by atoms with Gasteiger partial charge in [0.25, 0.3) is 11.5 Å². The molecular weight excluding hydrogens is 931 g/mol. The van der Waals surface area contributed by atoms with Gasteiger partial charge in [-0.3, -0.25) is 48.5 Å². The number of unbranched alkanes of at least 4 members (excludes halogenated alkanes) is 1. The zero-order valence-corrected chi connectivity index (χ0v) is 39.4. The number of carbonyl (C=O) groups excluding carboxylic acids is 2. The lowest BCUT2D eigenvalue weighted by molar-refractivity contribution is -0.142. The number of nitrogens with one attached hydrogen (secondary N) is 6. The molecule has 1 saturated heterocycles. The molecule has 12 N–H and O–H groups in total. The molecule has 0 radical (unpaired) electrons. The van der Waals surface area contributed by atoms with Gasteiger partial charge in [-0.1, -0.05) is 12.1 Å². The summed E-state index contributed by atoms with van der Waals surface area (Å²) in [4.78, 5) is 105. The second kappa shape index (κ2) is 26.4. The number of thiocarbonyl (C=S) groups is 1. The van der Waals surface area contributed by atoms with E-state index in [0.717, 1.165) is 5.56 Å². The SMILES string of the molecule is C[C@H](CCC(=O)N[C@@H](CCCCNC(=S)Nc1ccc(CC2CN(CC(=O)O)CCN(CC(=O)O)CCN2CC(=O)O)cc1)C(=O)O)NC(=O)c1ccc(NCc2cnc3nc(N)[nH]c(=O)c3n2)cc1. The summed E-state index contributed by atoms with van der Waals surface area (Å²) in [5.41, 5.74) is 8.37. The minimum Gasteiger partial charge on any atom is -0.480 e. The molecule has 2 aromatic carbocycles. The Morgan fingerprint density at radius 1 is 0.829 bits per heavy atom. The summed E-state index contributed by atoms with van der Waals surface area (Å²) in [6, 6.07) is 12.2. The van der Waals surface area contributed by atoms with Gasteiger partial charge in [-0.2, -0.15) is 4.98 Å². The number of nitrogens with two attached hydrogens (primary N) is 1. The number of hydrogen-bond acceptors (Lipinski definition) is 16. The molecule has 1 aliphatic heterocycles. The predicted molar refractivity (Wildman–Crippen MR) is 261 cm³/mol. The molecule has 1 fully saturated rings. The summed E-state index contributed by atoms with van der Waals surface area (Å²) >= 11 is 5.45. The normalized spacial score (nSPS) is 15.6. The van der Waals surface area contributed by atoms with Crippen LogP contribution in [0.3, 0.4) is 0 Å². The molecule has 2 aromatic heterocycles. The molecule has 0 bridgehead atoms. The molecule has 4 aromatic rings. The van der Waals surface area contributed by atoms with Crippen molar-refractivity contribution < 1.29 is 49.2 Å². The van der Waals surface area contributed by atoms with Crippen molar-refractivity contribution >= 4 is 81.5 Å². The van der Waals surface area contributed by atoms with Gasteiger partial charge in [-0.25, -0.2) is 14.8 Å². The van der Waals surface area contributed by atoms with Gasteiger partial charge < -0.3 is 52.7 Å². The lowest BCUT2D eigenvalue weighted by atomic mass is 10.0. The molecule has 376 valence electrons.